The van der Waals surface area contributed by atoms with E-state index in [1.54, 1.807) is 36.1 Å². The highest BCUT2D eigenvalue weighted by atomic mass is 16.5. The van der Waals surface area contributed by atoms with Crippen molar-refractivity contribution in [3.63, 3.8) is 0 Å². The van der Waals surface area contributed by atoms with Gasteiger partial charge in [0, 0.05) is 13.0 Å². The minimum Gasteiger partial charge on any atom is -0.470 e. The maximum atomic E-state index is 13.1. The van der Waals surface area contributed by atoms with Crippen LogP contribution >= 0.6 is 0 Å². The molecular formula is C21H20N4O4. The lowest BCUT2D eigenvalue weighted by molar-refractivity contribution is 0.0295. The number of aromatic nitrogens is 3. The van der Waals surface area contributed by atoms with E-state index in [0.29, 0.717) is 34.3 Å². The molecule has 3 atom stereocenters. The fourth-order valence-electron chi connectivity index (χ4n) is 4.07. The van der Waals surface area contributed by atoms with E-state index < -0.39 is 12.1 Å². The predicted molar refractivity (Wildman–Crippen MR) is 105 cm³/mol. The minimum absolute atomic E-state index is 0.102. The van der Waals surface area contributed by atoms with Gasteiger partial charge in [0.15, 0.2) is 6.23 Å². The van der Waals surface area contributed by atoms with Crippen LogP contribution in [0, 0.1) is 0 Å². The molecule has 3 heterocycles. The highest BCUT2D eigenvalue weighted by Crippen LogP contribution is 2.34. The molecule has 8 nitrogen and oxygen atoms in total. The quantitative estimate of drug-likeness (QED) is 0.733. The second-order valence-corrected chi connectivity index (χ2v) is 7.51. The van der Waals surface area contributed by atoms with Gasteiger partial charge in [-0.15, -0.1) is 5.10 Å². The number of amides is 1. The smallest absolute Gasteiger partial charge is 0.278 e. The van der Waals surface area contributed by atoms with E-state index in [9.17, 15) is 14.7 Å². The van der Waals surface area contributed by atoms with Crippen molar-refractivity contribution in [1.29, 1.82) is 0 Å². The van der Waals surface area contributed by atoms with Gasteiger partial charge in [0.25, 0.3) is 11.5 Å². The van der Waals surface area contributed by atoms with Crippen LogP contribution < -0.4 is 10.3 Å². The Labute approximate surface area is 166 Å². The summed E-state index contributed by atoms with van der Waals surface area (Å²) in [6.45, 7) is 2.39. The summed E-state index contributed by atoms with van der Waals surface area (Å²) in [5.74, 6) is 0.299. The summed E-state index contributed by atoms with van der Waals surface area (Å²) in [7, 11) is 0. The van der Waals surface area contributed by atoms with E-state index in [-0.39, 0.29) is 17.7 Å². The van der Waals surface area contributed by atoms with Crippen LogP contribution in [0.25, 0.3) is 10.9 Å². The molecule has 0 aliphatic carbocycles. The van der Waals surface area contributed by atoms with E-state index in [4.69, 9.17) is 4.74 Å². The summed E-state index contributed by atoms with van der Waals surface area (Å²) in [5, 5.41) is 19.1. The van der Waals surface area contributed by atoms with Gasteiger partial charge in [-0.25, -0.2) is 4.68 Å². The van der Waals surface area contributed by atoms with Crippen LogP contribution in [0.2, 0.25) is 0 Å². The van der Waals surface area contributed by atoms with Gasteiger partial charge in [0.1, 0.15) is 17.4 Å². The highest BCUT2D eigenvalue weighted by Gasteiger charge is 2.37. The summed E-state index contributed by atoms with van der Waals surface area (Å²) in [6, 6.07) is 11.6. The Morgan fingerprint density at radius 1 is 1.21 bits per heavy atom. The second kappa shape index (κ2) is 6.66. The molecule has 1 fully saturated rings. The molecule has 0 saturated carbocycles. The maximum absolute atomic E-state index is 13.1. The largest absolute Gasteiger partial charge is 0.470 e. The predicted octanol–water partition coefficient (Wildman–Crippen LogP) is 2.04. The average Bonchev–Trinajstić information content (AvgIpc) is 3.22. The molecule has 2 aromatic carbocycles. The monoisotopic (exact) mass is 392 g/mol. The van der Waals surface area contributed by atoms with Crippen molar-refractivity contribution in [3.05, 3.63) is 63.9 Å². The Morgan fingerprint density at radius 2 is 2.00 bits per heavy atom. The van der Waals surface area contributed by atoms with Crippen molar-refractivity contribution in [1.82, 2.24) is 19.9 Å². The van der Waals surface area contributed by atoms with Crippen LogP contribution in [0.3, 0.4) is 0 Å². The van der Waals surface area contributed by atoms with Crippen molar-refractivity contribution in [2.45, 2.75) is 38.1 Å². The minimum atomic E-state index is -0.914. The Bertz CT molecular complexity index is 1160. The molecule has 2 aliphatic rings. The molecule has 1 N–H and O–H groups in total. The van der Waals surface area contributed by atoms with Gasteiger partial charge < -0.3 is 14.7 Å². The number of aliphatic hydroxyl groups is 1. The molecule has 0 bridgehead atoms. The lowest BCUT2D eigenvalue weighted by atomic mass is 10.0. The number of benzene rings is 2. The van der Waals surface area contributed by atoms with Crippen molar-refractivity contribution < 1.29 is 14.6 Å². The molecule has 1 amide bonds. The summed E-state index contributed by atoms with van der Waals surface area (Å²) >= 11 is 0. The molecule has 2 aliphatic heterocycles. The molecule has 0 radical (unpaired) electrons. The zero-order valence-corrected chi connectivity index (χ0v) is 15.9. The molecule has 148 valence electrons. The number of fused-ring (bicyclic) bond motifs is 3. The third-order valence-electron chi connectivity index (χ3n) is 5.72. The van der Waals surface area contributed by atoms with Crippen LogP contribution in [0.15, 0.2) is 47.3 Å². The number of hydrogen-bond donors (Lipinski definition) is 1. The summed E-state index contributed by atoms with van der Waals surface area (Å²) < 4.78 is 7.15. The maximum Gasteiger partial charge on any atom is 0.278 e. The van der Waals surface area contributed by atoms with Crippen molar-refractivity contribution in [2.24, 2.45) is 0 Å². The first-order valence-electron chi connectivity index (χ1n) is 9.68. The van der Waals surface area contributed by atoms with Crippen LogP contribution in [0.4, 0.5) is 0 Å². The first kappa shape index (κ1) is 17.8. The number of rotatable bonds is 3. The topological polar surface area (TPSA) is 97.5 Å². The van der Waals surface area contributed by atoms with Crippen molar-refractivity contribution >= 4 is 16.8 Å². The molecule has 1 unspecified atom stereocenters. The Morgan fingerprint density at radius 3 is 2.79 bits per heavy atom. The zero-order chi connectivity index (χ0) is 20.1. The SMILES string of the molecule is C[C@H]([C@@H](O)c1ccccc1)n1nnc2cc3c(cc2c1=O)OC1CCCN1C3=O. The van der Waals surface area contributed by atoms with Crippen LogP contribution in [-0.2, 0) is 0 Å². The Hall–Kier alpha value is -3.26. The van der Waals surface area contributed by atoms with Crippen LogP contribution in [-0.4, -0.2) is 43.7 Å². The van der Waals surface area contributed by atoms with Gasteiger partial charge >= 0.3 is 0 Å². The second-order valence-electron chi connectivity index (χ2n) is 7.51. The number of aliphatic hydroxyl groups excluding tert-OH is 1. The molecule has 8 heteroatoms. The number of nitrogens with zero attached hydrogens (tertiary/aromatic N) is 4. The van der Waals surface area contributed by atoms with Crippen molar-refractivity contribution in [2.75, 3.05) is 6.54 Å². The number of hydrogen-bond acceptors (Lipinski definition) is 6. The first-order valence-corrected chi connectivity index (χ1v) is 9.68. The van der Waals surface area contributed by atoms with Gasteiger partial charge in [-0.3, -0.25) is 9.59 Å². The summed E-state index contributed by atoms with van der Waals surface area (Å²) in [4.78, 5) is 27.5. The number of carbonyl (C=O) groups excluding carboxylic acids is 1. The van der Waals surface area contributed by atoms with E-state index in [1.807, 2.05) is 18.2 Å². The van der Waals surface area contributed by atoms with Gasteiger partial charge in [0.2, 0.25) is 0 Å². The number of carbonyl (C=O) groups is 1. The molecule has 5 rings (SSSR count). The first-order chi connectivity index (χ1) is 14.0. The molecule has 3 aromatic rings. The fourth-order valence-corrected chi connectivity index (χ4v) is 4.07. The van der Waals surface area contributed by atoms with E-state index in [0.717, 1.165) is 12.8 Å². The molecule has 1 saturated heterocycles. The van der Waals surface area contributed by atoms with Gasteiger partial charge in [-0.1, -0.05) is 35.5 Å². The molecule has 0 spiro atoms. The molecule has 29 heavy (non-hydrogen) atoms. The third-order valence-corrected chi connectivity index (χ3v) is 5.72. The summed E-state index contributed by atoms with van der Waals surface area (Å²) in [5.41, 5.74) is 1.04. The van der Waals surface area contributed by atoms with Crippen LogP contribution in [0.5, 0.6) is 5.75 Å². The average molecular weight is 392 g/mol. The zero-order valence-electron chi connectivity index (χ0n) is 15.9. The standard InChI is InChI=1S/C21H20N4O4/c1-12(19(26)13-6-3-2-4-7-13)25-21(28)14-11-17-15(10-16(14)22-23-25)20(27)24-9-5-8-18(24)29-17/h2-4,6-7,10-12,18-19,26H,5,8-9H2,1H3/t12-,18?,19-/m1/s1. The van der Waals surface area contributed by atoms with Crippen LogP contribution in [0.1, 0.15) is 47.8 Å². The van der Waals surface area contributed by atoms with Gasteiger partial charge in [-0.05, 0) is 31.0 Å². The normalized spacial score (nSPS) is 20.1. The Balaban J connectivity index is 1.57. The lowest BCUT2D eigenvalue weighted by Gasteiger charge is -2.31. The van der Waals surface area contributed by atoms with E-state index in [2.05, 4.69) is 10.3 Å². The molecular weight excluding hydrogens is 372 g/mol. The molecule has 1 aromatic heterocycles. The lowest BCUT2D eigenvalue weighted by Crippen LogP contribution is -2.43. The highest BCUT2D eigenvalue weighted by molar-refractivity contribution is 6.01. The van der Waals surface area contributed by atoms with E-state index in [1.165, 1.54) is 4.68 Å². The fraction of sp³-hybridized carbons (Fsp3) is 0.333. The van der Waals surface area contributed by atoms with Crippen molar-refractivity contribution in [3.8, 4) is 5.75 Å². The third kappa shape index (κ3) is 2.79. The summed E-state index contributed by atoms with van der Waals surface area (Å²) in [6.07, 6.45) is 0.486. The number of ether oxygens (including phenoxy) is 1. The van der Waals surface area contributed by atoms with E-state index >= 15 is 0 Å². The van der Waals surface area contributed by atoms with Gasteiger partial charge in [0.05, 0.1) is 17.0 Å². The Kier molecular flexibility index (Phi) is 4.09. The van der Waals surface area contributed by atoms with Gasteiger partial charge in [-0.2, -0.15) is 0 Å².